The summed E-state index contributed by atoms with van der Waals surface area (Å²) in [6.07, 6.45) is 0. The van der Waals surface area contributed by atoms with Gasteiger partial charge in [-0.3, -0.25) is 10.1 Å². The van der Waals surface area contributed by atoms with Crippen molar-refractivity contribution in [3.05, 3.63) is 38.3 Å². The molecule has 0 aliphatic rings. The van der Waals surface area contributed by atoms with Gasteiger partial charge in [-0.1, -0.05) is 0 Å². The standard InChI is InChI=1S/C11H13N5O2S/c1-7-9(19-6-13-7)5-15(2)11-8(16(17)18)3-4-10(12)14-11/h3-4,6H,5H2,1-2H3,(H2,12,14). The highest BCUT2D eigenvalue weighted by Crippen LogP contribution is 2.28. The van der Waals surface area contributed by atoms with Crippen LogP contribution in [0.15, 0.2) is 17.6 Å². The minimum Gasteiger partial charge on any atom is -0.384 e. The first-order valence-corrected chi connectivity index (χ1v) is 6.38. The van der Waals surface area contributed by atoms with Crippen molar-refractivity contribution in [3.8, 4) is 0 Å². The second kappa shape index (κ2) is 5.19. The van der Waals surface area contributed by atoms with E-state index in [0.29, 0.717) is 6.54 Å². The normalized spacial score (nSPS) is 10.4. The molecular weight excluding hydrogens is 266 g/mol. The van der Waals surface area contributed by atoms with Crippen molar-refractivity contribution in [1.82, 2.24) is 9.97 Å². The van der Waals surface area contributed by atoms with Crippen molar-refractivity contribution in [3.63, 3.8) is 0 Å². The van der Waals surface area contributed by atoms with Gasteiger partial charge in [-0.05, 0) is 13.0 Å². The van der Waals surface area contributed by atoms with E-state index < -0.39 is 4.92 Å². The molecule has 0 unspecified atom stereocenters. The van der Waals surface area contributed by atoms with Crippen molar-refractivity contribution in [2.45, 2.75) is 13.5 Å². The molecule has 2 rings (SSSR count). The van der Waals surface area contributed by atoms with E-state index in [-0.39, 0.29) is 17.3 Å². The number of rotatable bonds is 4. The number of pyridine rings is 1. The highest BCUT2D eigenvalue weighted by atomic mass is 32.1. The summed E-state index contributed by atoms with van der Waals surface area (Å²) in [7, 11) is 1.74. The van der Waals surface area contributed by atoms with Crippen LogP contribution in [0.4, 0.5) is 17.3 Å². The molecule has 2 aromatic heterocycles. The Morgan fingerprint density at radius 2 is 2.26 bits per heavy atom. The number of aryl methyl sites for hydroxylation is 1. The average molecular weight is 279 g/mol. The summed E-state index contributed by atoms with van der Waals surface area (Å²) in [5, 5.41) is 11.0. The minimum atomic E-state index is -0.461. The van der Waals surface area contributed by atoms with Gasteiger partial charge in [-0.25, -0.2) is 9.97 Å². The second-order valence-electron chi connectivity index (χ2n) is 4.05. The molecule has 0 aromatic carbocycles. The van der Waals surface area contributed by atoms with Gasteiger partial charge in [0.05, 0.1) is 22.7 Å². The Kier molecular flexibility index (Phi) is 3.61. The third kappa shape index (κ3) is 2.79. The Morgan fingerprint density at radius 3 is 2.84 bits per heavy atom. The quantitative estimate of drug-likeness (QED) is 0.678. The molecule has 8 heteroatoms. The Labute approximate surface area is 113 Å². The Morgan fingerprint density at radius 1 is 1.53 bits per heavy atom. The molecule has 100 valence electrons. The molecule has 0 atom stereocenters. The lowest BCUT2D eigenvalue weighted by molar-refractivity contribution is -0.384. The zero-order valence-electron chi connectivity index (χ0n) is 10.5. The molecule has 2 aromatic rings. The fourth-order valence-corrected chi connectivity index (χ4v) is 2.48. The van der Waals surface area contributed by atoms with Crippen molar-refractivity contribution in [2.24, 2.45) is 0 Å². The number of aromatic nitrogens is 2. The van der Waals surface area contributed by atoms with E-state index in [2.05, 4.69) is 9.97 Å². The molecule has 2 heterocycles. The third-order valence-electron chi connectivity index (χ3n) is 2.66. The Bertz CT molecular complexity index is 613. The van der Waals surface area contributed by atoms with E-state index in [9.17, 15) is 10.1 Å². The third-order valence-corrected chi connectivity index (χ3v) is 3.58. The molecule has 0 bridgehead atoms. The molecule has 0 radical (unpaired) electrons. The van der Waals surface area contributed by atoms with Crippen molar-refractivity contribution < 1.29 is 4.92 Å². The maximum atomic E-state index is 11.0. The van der Waals surface area contributed by atoms with Gasteiger partial charge >= 0.3 is 5.69 Å². The molecule has 0 fully saturated rings. The van der Waals surface area contributed by atoms with Gasteiger partial charge in [0.2, 0.25) is 5.82 Å². The topological polar surface area (TPSA) is 98.2 Å². The molecule has 2 N–H and O–H groups in total. The lowest BCUT2D eigenvalue weighted by atomic mass is 10.3. The number of hydrogen-bond donors (Lipinski definition) is 1. The van der Waals surface area contributed by atoms with Gasteiger partial charge < -0.3 is 10.6 Å². The first kappa shape index (κ1) is 13.2. The summed E-state index contributed by atoms with van der Waals surface area (Å²) in [5.41, 5.74) is 8.21. The summed E-state index contributed by atoms with van der Waals surface area (Å²) in [5.74, 6) is 0.520. The van der Waals surface area contributed by atoms with Crippen LogP contribution >= 0.6 is 11.3 Å². The fraction of sp³-hybridized carbons (Fsp3) is 0.273. The Balaban J connectivity index is 2.32. The molecule has 0 amide bonds. The van der Waals surface area contributed by atoms with E-state index in [4.69, 9.17) is 5.73 Å². The van der Waals surface area contributed by atoms with Crippen LogP contribution in [-0.2, 0) is 6.54 Å². The van der Waals surface area contributed by atoms with Crippen LogP contribution in [0.3, 0.4) is 0 Å². The van der Waals surface area contributed by atoms with Crippen LogP contribution in [0, 0.1) is 17.0 Å². The van der Waals surface area contributed by atoms with Gasteiger partial charge in [-0.2, -0.15) is 0 Å². The molecule has 7 nitrogen and oxygen atoms in total. The Hall–Kier alpha value is -2.22. The molecule has 0 saturated carbocycles. The predicted molar refractivity (Wildman–Crippen MR) is 74.3 cm³/mol. The maximum Gasteiger partial charge on any atom is 0.311 e. The summed E-state index contributed by atoms with van der Waals surface area (Å²) in [6.45, 7) is 2.41. The monoisotopic (exact) mass is 279 g/mol. The largest absolute Gasteiger partial charge is 0.384 e. The lowest BCUT2D eigenvalue weighted by Crippen LogP contribution is -2.19. The van der Waals surface area contributed by atoms with E-state index >= 15 is 0 Å². The molecule has 0 aliphatic heterocycles. The van der Waals surface area contributed by atoms with Crippen molar-refractivity contribution in [2.75, 3.05) is 17.7 Å². The second-order valence-corrected chi connectivity index (χ2v) is 4.99. The van der Waals surface area contributed by atoms with Gasteiger partial charge in [-0.15, -0.1) is 11.3 Å². The van der Waals surface area contributed by atoms with Crippen LogP contribution in [0.5, 0.6) is 0 Å². The van der Waals surface area contributed by atoms with Crippen LogP contribution in [0.1, 0.15) is 10.6 Å². The van der Waals surface area contributed by atoms with Gasteiger partial charge in [0.15, 0.2) is 0 Å². The van der Waals surface area contributed by atoms with Gasteiger partial charge in [0, 0.05) is 18.0 Å². The van der Waals surface area contributed by atoms with Gasteiger partial charge in [0.1, 0.15) is 5.82 Å². The van der Waals surface area contributed by atoms with E-state index in [0.717, 1.165) is 10.6 Å². The number of hydrogen-bond acceptors (Lipinski definition) is 7. The number of nitro groups is 1. The van der Waals surface area contributed by atoms with Crippen molar-refractivity contribution >= 4 is 28.7 Å². The van der Waals surface area contributed by atoms with Crippen LogP contribution in [-0.4, -0.2) is 21.9 Å². The minimum absolute atomic E-state index is 0.0566. The summed E-state index contributed by atoms with van der Waals surface area (Å²) in [4.78, 5) is 21.5. The van der Waals surface area contributed by atoms with Gasteiger partial charge in [0.25, 0.3) is 0 Å². The summed E-state index contributed by atoms with van der Waals surface area (Å²) < 4.78 is 0. The lowest BCUT2D eigenvalue weighted by Gasteiger charge is -2.17. The molecule has 19 heavy (non-hydrogen) atoms. The van der Waals surface area contributed by atoms with Crippen LogP contribution in [0.2, 0.25) is 0 Å². The smallest absolute Gasteiger partial charge is 0.311 e. The number of nitrogens with two attached hydrogens (primary N) is 1. The first-order valence-electron chi connectivity index (χ1n) is 5.50. The zero-order valence-corrected chi connectivity index (χ0v) is 11.3. The molecule has 0 aliphatic carbocycles. The SMILES string of the molecule is Cc1ncsc1CN(C)c1nc(N)ccc1[N+](=O)[O-]. The highest BCUT2D eigenvalue weighted by Gasteiger charge is 2.20. The average Bonchev–Trinajstić information content (AvgIpc) is 2.74. The van der Waals surface area contributed by atoms with Crippen LogP contribution < -0.4 is 10.6 Å². The summed E-state index contributed by atoms with van der Waals surface area (Å²) >= 11 is 1.51. The number of nitrogen functional groups attached to an aromatic ring is 1. The number of anilines is 2. The van der Waals surface area contributed by atoms with Crippen LogP contribution in [0.25, 0.3) is 0 Å². The molecular formula is C11H13N5O2S. The maximum absolute atomic E-state index is 11.0. The van der Waals surface area contributed by atoms with E-state index in [1.165, 1.54) is 23.5 Å². The van der Waals surface area contributed by atoms with Crippen molar-refractivity contribution in [1.29, 1.82) is 0 Å². The first-order chi connectivity index (χ1) is 8.99. The predicted octanol–water partition coefficient (Wildman–Crippen LogP) is 1.97. The zero-order chi connectivity index (χ0) is 14.0. The highest BCUT2D eigenvalue weighted by molar-refractivity contribution is 7.09. The number of thiazole rings is 1. The van der Waals surface area contributed by atoms with E-state index in [1.54, 1.807) is 17.5 Å². The van der Waals surface area contributed by atoms with E-state index in [1.807, 2.05) is 6.92 Å². The molecule has 0 spiro atoms. The number of nitrogens with zero attached hydrogens (tertiary/aromatic N) is 4. The fourth-order valence-electron chi connectivity index (χ4n) is 1.65. The molecule has 0 saturated heterocycles. The summed E-state index contributed by atoms with van der Waals surface area (Å²) in [6, 6.07) is 2.79.